The summed E-state index contributed by atoms with van der Waals surface area (Å²) in [7, 11) is 0. The van der Waals surface area contributed by atoms with E-state index in [0.717, 1.165) is 38.0 Å². The average molecular weight is 475 g/mol. The van der Waals surface area contributed by atoms with Crippen molar-refractivity contribution in [2.45, 2.75) is 25.8 Å². The van der Waals surface area contributed by atoms with E-state index in [0.29, 0.717) is 29.5 Å². The molecular formula is C27H27ClN4O2. The van der Waals surface area contributed by atoms with Crippen LogP contribution in [0, 0.1) is 5.92 Å². The number of halogens is 1. The van der Waals surface area contributed by atoms with E-state index in [2.05, 4.69) is 39.5 Å². The maximum Gasteiger partial charge on any atom is 0.253 e. The van der Waals surface area contributed by atoms with Crippen LogP contribution in [0.15, 0.2) is 66.9 Å². The SMILES string of the molecule is O=C(Nc1ccc(Cl)cn1)C1CCCN(C(=O)c2ccc(N3CCc4ccccc4C3)cc2)C1. The van der Waals surface area contributed by atoms with E-state index in [4.69, 9.17) is 11.6 Å². The molecule has 0 bridgehead atoms. The van der Waals surface area contributed by atoms with E-state index in [9.17, 15) is 9.59 Å². The Bertz CT molecular complexity index is 1180. The number of anilines is 2. The Balaban J connectivity index is 1.21. The van der Waals surface area contributed by atoms with Crippen molar-refractivity contribution in [2.75, 3.05) is 29.9 Å². The summed E-state index contributed by atoms with van der Waals surface area (Å²) in [6.45, 7) is 2.92. The van der Waals surface area contributed by atoms with Gasteiger partial charge in [-0.25, -0.2) is 4.98 Å². The Morgan fingerprint density at radius 2 is 1.76 bits per heavy atom. The molecule has 0 aliphatic carbocycles. The molecule has 5 rings (SSSR count). The van der Waals surface area contributed by atoms with Crippen LogP contribution in [-0.2, 0) is 17.8 Å². The number of nitrogens with zero attached hydrogens (tertiary/aromatic N) is 3. The first-order valence-corrected chi connectivity index (χ1v) is 12.1. The van der Waals surface area contributed by atoms with E-state index in [1.54, 1.807) is 17.0 Å². The Hall–Kier alpha value is -3.38. The lowest BCUT2D eigenvalue weighted by Crippen LogP contribution is -2.43. The standard InChI is InChI=1S/C27H27ClN4O2/c28-23-9-12-25(29-16-23)30-26(33)22-6-3-14-32(18-22)27(34)20-7-10-24(11-8-20)31-15-13-19-4-1-2-5-21(19)17-31/h1-2,4-5,7-12,16,22H,3,6,13-15,17-18H2,(H,29,30,33). The molecule has 1 aromatic heterocycles. The minimum atomic E-state index is -0.261. The second kappa shape index (κ2) is 9.85. The lowest BCUT2D eigenvalue weighted by molar-refractivity contribution is -0.121. The number of amides is 2. The van der Waals surface area contributed by atoms with Crippen molar-refractivity contribution >= 4 is 34.9 Å². The van der Waals surface area contributed by atoms with Crippen LogP contribution in [0.1, 0.15) is 34.3 Å². The Morgan fingerprint density at radius 1 is 0.971 bits per heavy atom. The molecule has 1 atom stereocenters. The molecule has 2 aliphatic rings. The number of pyridine rings is 1. The molecule has 1 fully saturated rings. The largest absolute Gasteiger partial charge is 0.367 e. The van der Waals surface area contributed by atoms with E-state index in [-0.39, 0.29) is 17.7 Å². The van der Waals surface area contributed by atoms with Crippen LogP contribution in [-0.4, -0.2) is 41.3 Å². The maximum atomic E-state index is 13.2. The van der Waals surface area contributed by atoms with Gasteiger partial charge in [-0.3, -0.25) is 9.59 Å². The maximum absolute atomic E-state index is 13.2. The van der Waals surface area contributed by atoms with Crippen molar-refractivity contribution in [3.8, 4) is 0 Å². The summed E-state index contributed by atoms with van der Waals surface area (Å²) in [5.74, 6) is 0.0577. The van der Waals surface area contributed by atoms with Crippen LogP contribution >= 0.6 is 11.6 Å². The van der Waals surface area contributed by atoms with Gasteiger partial charge in [0.1, 0.15) is 5.82 Å². The van der Waals surface area contributed by atoms with Crippen molar-refractivity contribution in [1.29, 1.82) is 0 Å². The van der Waals surface area contributed by atoms with Gasteiger partial charge in [-0.15, -0.1) is 0 Å². The van der Waals surface area contributed by atoms with E-state index >= 15 is 0 Å². The van der Waals surface area contributed by atoms with Gasteiger partial charge in [0, 0.05) is 43.6 Å². The predicted molar refractivity (Wildman–Crippen MR) is 134 cm³/mol. The first-order valence-electron chi connectivity index (χ1n) is 11.7. The summed E-state index contributed by atoms with van der Waals surface area (Å²) in [6.07, 6.45) is 4.07. The number of piperidine rings is 1. The molecule has 1 saturated heterocycles. The van der Waals surface area contributed by atoms with Gasteiger partial charge in [-0.05, 0) is 66.8 Å². The number of aromatic nitrogens is 1. The summed E-state index contributed by atoms with van der Waals surface area (Å²) in [4.78, 5) is 34.2. The van der Waals surface area contributed by atoms with Crippen LogP contribution < -0.4 is 10.2 Å². The van der Waals surface area contributed by atoms with Gasteiger partial charge in [0.2, 0.25) is 5.91 Å². The molecule has 2 aliphatic heterocycles. The highest BCUT2D eigenvalue weighted by Crippen LogP contribution is 2.26. The summed E-state index contributed by atoms with van der Waals surface area (Å²) < 4.78 is 0. The van der Waals surface area contributed by atoms with Crippen LogP contribution in [0.5, 0.6) is 0 Å². The van der Waals surface area contributed by atoms with Crippen molar-refractivity contribution in [2.24, 2.45) is 5.92 Å². The summed E-state index contributed by atoms with van der Waals surface area (Å²) in [5.41, 5.74) is 4.56. The number of benzene rings is 2. The minimum absolute atomic E-state index is 0.0299. The zero-order valence-corrected chi connectivity index (χ0v) is 19.7. The number of likely N-dealkylation sites (tertiary alicyclic amines) is 1. The number of nitrogens with one attached hydrogen (secondary N) is 1. The number of carbonyl (C=O) groups excluding carboxylic acids is 2. The fourth-order valence-corrected chi connectivity index (χ4v) is 4.88. The molecule has 6 nitrogen and oxygen atoms in total. The van der Waals surface area contributed by atoms with Gasteiger partial charge < -0.3 is 15.1 Å². The molecule has 1 unspecified atom stereocenters. The number of hydrogen-bond donors (Lipinski definition) is 1. The summed E-state index contributed by atoms with van der Waals surface area (Å²) >= 11 is 5.86. The number of rotatable bonds is 4. The first-order chi connectivity index (χ1) is 16.6. The molecule has 7 heteroatoms. The quantitative estimate of drug-likeness (QED) is 0.590. The van der Waals surface area contributed by atoms with Gasteiger partial charge in [0.25, 0.3) is 5.91 Å². The molecule has 2 amide bonds. The van der Waals surface area contributed by atoms with Gasteiger partial charge in [-0.2, -0.15) is 0 Å². The van der Waals surface area contributed by atoms with Crippen LogP contribution in [0.25, 0.3) is 0 Å². The molecule has 1 N–H and O–H groups in total. The normalized spacial score (nSPS) is 17.7. The monoisotopic (exact) mass is 474 g/mol. The molecular weight excluding hydrogens is 448 g/mol. The molecule has 34 heavy (non-hydrogen) atoms. The number of carbonyl (C=O) groups is 2. The molecule has 174 valence electrons. The molecule has 2 aromatic carbocycles. The lowest BCUT2D eigenvalue weighted by Gasteiger charge is -2.32. The van der Waals surface area contributed by atoms with Gasteiger partial charge in [0.15, 0.2) is 0 Å². The molecule has 3 heterocycles. The second-order valence-corrected chi connectivity index (χ2v) is 9.36. The topological polar surface area (TPSA) is 65.5 Å². The van der Waals surface area contributed by atoms with Crippen molar-refractivity contribution in [3.05, 3.63) is 88.6 Å². The molecule has 3 aromatic rings. The third-order valence-corrected chi connectivity index (χ3v) is 6.89. The summed E-state index contributed by atoms with van der Waals surface area (Å²) in [6, 6.07) is 19.8. The predicted octanol–water partition coefficient (Wildman–Crippen LogP) is 4.79. The number of fused-ring (bicyclic) bond motifs is 1. The van der Waals surface area contributed by atoms with Gasteiger partial charge >= 0.3 is 0 Å². The highest BCUT2D eigenvalue weighted by atomic mass is 35.5. The summed E-state index contributed by atoms with van der Waals surface area (Å²) in [5, 5.41) is 3.35. The van der Waals surface area contributed by atoms with E-state index in [1.165, 1.54) is 17.3 Å². The second-order valence-electron chi connectivity index (χ2n) is 8.93. The van der Waals surface area contributed by atoms with Crippen LogP contribution in [0.2, 0.25) is 5.02 Å². The van der Waals surface area contributed by atoms with Crippen molar-refractivity contribution in [1.82, 2.24) is 9.88 Å². The fraction of sp³-hybridized carbons (Fsp3) is 0.296. The smallest absolute Gasteiger partial charge is 0.253 e. The third kappa shape index (κ3) is 4.92. The Kier molecular flexibility index (Phi) is 6.50. The van der Waals surface area contributed by atoms with E-state index in [1.807, 2.05) is 24.3 Å². The third-order valence-electron chi connectivity index (χ3n) is 6.67. The average Bonchev–Trinajstić information content (AvgIpc) is 2.89. The lowest BCUT2D eigenvalue weighted by atomic mass is 9.96. The molecule has 0 radical (unpaired) electrons. The molecule has 0 spiro atoms. The minimum Gasteiger partial charge on any atom is -0.367 e. The molecule has 0 saturated carbocycles. The Labute approximate surface area is 204 Å². The van der Waals surface area contributed by atoms with Gasteiger partial charge in [0.05, 0.1) is 10.9 Å². The zero-order valence-electron chi connectivity index (χ0n) is 18.9. The number of hydrogen-bond acceptors (Lipinski definition) is 4. The first kappa shape index (κ1) is 22.4. The van der Waals surface area contributed by atoms with Gasteiger partial charge in [-0.1, -0.05) is 35.9 Å². The van der Waals surface area contributed by atoms with E-state index < -0.39 is 0 Å². The van der Waals surface area contributed by atoms with Crippen LogP contribution in [0.4, 0.5) is 11.5 Å². The van der Waals surface area contributed by atoms with Crippen molar-refractivity contribution < 1.29 is 9.59 Å². The zero-order chi connectivity index (χ0) is 23.5. The highest BCUT2D eigenvalue weighted by molar-refractivity contribution is 6.30. The highest BCUT2D eigenvalue weighted by Gasteiger charge is 2.29. The van der Waals surface area contributed by atoms with Crippen LogP contribution in [0.3, 0.4) is 0 Å². The van der Waals surface area contributed by atoms with Crippen molar-refractivity contribution in [3.63, 3.8) is 0 Å². The fourth-order valence-electron chi connectivity index (χ4n) is 4.77. The Morgan fingerprint density at radius 3 is 2.53 bits per heavy atom.